The van der Waals surface area contributed by atoms with Gasteiger partial charge in [0.2, 0.25) is 0 Å². The first kappa shape index (κ1) is 26.2. The molecule has 0 spiro atoms. The number of benzene rings is 1. The van der Waals surface area contributed by atoms with Crippen molar-refractivity contribution in [1.82, 2.24) is 20.1 Å². The van der Waals surface area contributed by atoms with Crippen LogP contribution in [0, 0.1) is 0 Å². The molecule has 0 atom stereocenters. The Labute approximate surface area is 224 Å². The standard InChI is InChI=1S/C26H22ClF3N4O3S/c27-19-12-16(15-6-9-31-10-7-15)4-5-21(19)37-14-17-8-11-38-23(17)20-2-1-3-22(33-20)34-24(26(28,29)30)18(13-32-34)25(35)36/h1-5,8,11-13,15,31H,6-7,9-10,14H2,(H,35,36). The van der Waals surface area contributed by atoms with Crippen LogP contribution in [0.4, 0.5) is 13.2 Å². The number of carboxylic acids is 1. The summed E-state index contributed by atoms with van der Waals surface area (Å²) in [6.07, 6.45) is -2.15. The molecule has 0 unspecified atom stereocenters. The molecule has 12 heteroatoms. The molecule has 1 aromatic carbocycles. The van der Waals surface area contributed by atoms with Gasteiger partial charge in [-0.3, -0.25) is 0 Å². The molecule has 198 valence electrons. The van der Waals surface area contributed by atoms with Crippen molar-refractivity contribution in [3.05, 3.63) is 81.4 Å². The van der Waals surface area contributed by atoms with E-state index in [0.717, 1.165) is 31.5 Å². The number of hydrogen-bond donors (Lipinski definition) is 2. The van der Waals surface area contributed by atoms with Gasteiger partial charge in [0.1, 0.15) is 17.9 Å². The maximum atomic E-state index is 13.7. The van der Waals surface area contributed by atoms with Crippen LogP contribution in [0.5, 0.6) is 5.75 Å². The number of alkyl halides is 3. The van der Waals surface area contributed by atoms with Gasteiger partial charge in [0.15, 0.2) is 11.5 Å². The minimum Gasteiger partial charge on any atom is -0.487 e. The molecule has 0 aliphatic carbocycles. The number of piperidine rings is 1. The number of rotatable bonds is 7. The van der Waals surface area contributed by atoms with E-state index < -0.39 is 23.4 Å². The summed E-state index contributed by atoms with van der Waals surface area (Å²) >= 11 is 7.88. The average molecular weight is 563 g/mol. The van der Waals surface area contributed by atoms with Gasteiger partial charge in [0.05, 0.1) is 21.8 Å². The van der Waals surface area contributed by atoms with Gasteiger partial charge in [0.25, 0.3) is 0 Å². The Kier molecular flexibility index (Phi) is 7.42. The van der Waals surface area contributed by atoms with Crippen LogP contribution in [0.15, 0.2) is 54.0 Å². The second kappa shape index (κ2) is 10.8. The van der Waals surface area contributed by atoms with Gasteiger partial charge in [-0.05, 0) is 73.1 Å². The first-order valence-electron chi connectivity index (χ1n) is 11.8. The number of carbonyl (C=O) groups is 1. The van der Waals surface area contributed by atoms with Gasteiger partial charge in [-0.2, -0.15) is 18.3 Å². The number of carboxylic acid groups (broad SMARTS) is 1. The molecule has 4 heterocycles. The third-order valence-electron chi connectivity index (χ3n) is 6.35. The predicted octanol–water partition coefficient (Wildman–Crippen LogP) is 6.41. The van der Waals surface area contributed by atoms with Crippen molar-refractivity contribution in [1.29, 1.82) is 0 Å². The second-order valence-electron chi connectivity index (χ2n) is 8.78. The van der Waals surface area contributed by atoms with E-state index in [-0.39, 0.29) is 12.4 Å². The van der Waals surface area contributed by atoms with Gasteiger partial charge >= 0.3 is 12.1 Å². The quantitative estimate of drug-likeness (QED) is 0.270. The summed E-state index contributed by atoms with van der Waals surface area (Å²) in [5.41, 5.74) is 0.0266. The third kappa shape index (κ3) is 5.40. The molecule has 5 rings (SSSR count). The fourth-order valence-electron chi connectivity index (χ4n) is 4.49. The van der Waals surface area contributed by atoms with E-state index in [9.17, 15) is 23.1 Å². The maximum Gasteiger partial charge on any atom is 0.434 e. The molecule has 1 aliphatic heterocycles. The Morgan fingerprint density at radius 1 is 1.21 bits per heavy atom. The minimum absolute atomic E-state index is 0.154. The van der Waals surface area contributed by atoms with Crippen LogP contribution in [0.25, 0.3) is 16.4 Å². The molecule has 1 saturated heterocycles. The summed E-state index contributed by atoms with van der Waals surface area (Å²) in [6, 6.07) is 12.2. The van der Waals surface area contributed by atoms with Crippen molar-refractivity contribution < 1.29 is 27.8 Å². The van der Waals surface area contributed by atoms with Crippen LogP contribution in [-0.4, -0.2) is 38.9 Å². The molecule has 1 fully saturated rings. The topological polar surface area (TPSA) is 89.3 Å². The van der Waals surface area contributed by atoms with Crippen molar-refractivity contribution in [3.8, 4) is 22.1 Å². The SMILES string of the molecule is O=C(O)c1cnn(-c2cccc(-c3sccc3COc3ccc(C4CCNCC4)cc3Cl)n2)c1C(F)(F)F. The number of aromatic nitrogens is 3. The van der Waals surface area contributed by atoms with E-state index in [0.29, 0.717) is 38.1 Å². The highest BCUT2D eigenvalue weighted by Gasteiger charge is 2.41. The summed E-state index contributed by atoms with van der Waals surface area (Å²) in [5.74, 6) is -0.876. The molecule has 0 radical (unpaired) electrons. The monoisotopic (exact) mass is 562 g/mol. The molecule has 3 aromatic heterocycles. The predicted molar refractivity (Wildman–Crippen MR) is 137 cm³/mol. The lowest BCUT2D eigenvalue weighted by atomic mass is 9.90. The molecule has 38 heavy (non-hydrogen) atoms. The Balaban J connectivity index is 1.38. The maximum absolute atomic E-state index is 13.7. The summed E-state index contributed by atoms with van der Waals surface area (Å²) in [5, 5.41) is 18.6. The van der Waals surface area contributed by atoms with Crippen molar-refractivity contribution in [2.24, 2.45) is 0 Å². The van der Waals surface area contributed by atoms with Crippen molar-refractivity contribution in [2.45, 2.75) is 31.5 Å². The lowest BCUT2D eigenvalue weighted by molar-refractivity contribution is -0.143. The first-order chi connectivity index (χ1) is 18.2. The number of aromatic carboxylic acids is 1. The number of thiophene rings is 1. The van der Waals surface area contributed by atoms with Gasteiger partial charge in [-0.15, -0.1) is 11.3 Å². The zero-order chi connectivity index (χ0) is 26.9. The minimum atomic E-state index is -4.94. The normalized spacial score (nSPS) is 14.5. The Bertz CT molecular complexity index is 1460. The average Bonchev–Trinajstić information content (AvgIpc) is 3.56. The van der Waals surface area contributed by atoms with Crippen LogP contribution < -0.4 is 10.1 Å². The molecule has 0 bridgehead atoms. The molecule has 2 N–H and O–H groups in total. The van der Waals surface area contributed by atoms with Gasteiger partial charge in [0, 0.05) is 5.56 Å². The number of nitrogens with zero attached hydrogens (tertiary/aromatic N) is 3. The molecule has 1 aliphatic rings. The van der Waals surface area contributed by atoms with Gasteiger partial charge in [-0.1, -0.05) is 23.7 Å². The summed E-state index contributed by atoms with van der Waals surface area (Å²) in [4.78, 5) is 16.4. The number of nitrogens with one attached hydrogen (secondary N) is 1. The van der Waals surface area contributed by atoms with Gasteiger partial charge < -0.3 is 15.2 Å². The smallest absolute Gasteiger partial charge is 0.434 e. The molecular weight excluding hydrogens is 541 g/mol. The van der Waals surface area contributed by atoms with E-state index in [2.05, 4.69) is 15.4 Å². The number of hydrogen-bond acceptors (Lipinski definition) is 6. The summed E-state index contributed by atoms with van der Waals surface area (Å²) in [7, 11) is 0. The zero-order valence-corrected chi connectivity index (χ0v) is 21.4. The van der Waals surface area contributed by atoms with Crippen LogP contribution in [0.3, 0.4) is 0 Å². The Morgan fingerprint density at radius 2 is 2.00 bits per heavy atom. The number of halogens is 4. The first-order valence-corrected chi connectivity index (χ1v) is 13.0. The van der Waals surface area contributed by atoms with E-state index in [1.54, 1.807) is 12.1 Å². The summed E-state index contributed by atoms with van der Waals surface area (Å²) in [6.45, 7) is 2.14. The highest BCUT2D eigenvalue weighted by atomic mass is 35.5. The highest BCUT2D eigenvalue weighted by Crippen LogP contribution is 2.36. The van der Waals surface area contributed by atoms with E-state index >= 15 is 0 Å². The number of pyridine rings is 1. The highest BCUT2D eigenvalue weighted by molar-refractivity contribution is 7.13. The summed E-state index contributed by atoms with van der Waals surface area (Å²) < 4.78 is 47.5. The van der Waals surface area contributed by atoms with E-state index in [1.807, 2.05) is 29.6 Å². The molecule has 0 saturated carbocycles. The zero-order valence-electron chi connectivity index (χ0n) is 19.8. The third-order valence-corrected chi connectivity index (χ3v) is 7.62. The Hall–Kier alpha value is -3.41. The van der Waals surface area contributed by atoms with E-state index in [1.165, 1.54) is 23.0 Å². The van der Waals surface area contributed by atoms with Crippen LogP contribution in [0.2, 0.25) is 5.02 Å². The lowest BCUT2D eigenvalue weighted by Gasteiger charge is -2.23. The lowest BCUT2D eigenvalue weighted by Crippen LogP contribution is -2.26. The van der Waals surface area contributed by atoms with Crippen molar-refractivity contribution >= 4 is 28.9 Å². The van der Waals surface area contributed by atoms with Crippen molar-refractivity contribution in [2.75, 3.05) is 13.1 Å². The Morgan fingerprint density at radius 3 is 2.71 bits per heavy atom. The van der Waals surface area contributed by atoms with E-state index in [4.69, 9.17) is 16.3 Å². The van der Waals surface area contributed by atoms with Crippen molar-refractivity contribution in [3.63, 3.8) is 0 Å². The van der Waals surface area contributed by atoms with Crippen LogP contribution in [0.1, 0.15) is 45.9 Å². The molecule has 7 nitrogen and oxygen atoms in total. The molecule has 0 amide bonds. The largest absolute Gasteiger partial charge is 0.487 e. The fourth-order valence-corrected chi connectivity index (χ4v) is 5.62. The second-order valence-corrected chi connectivity index (χ2v) is 10.1. The van der Waals surface area contributed by atoms with Crippen LogP contribution >= 0.6 is 22.9 Å². The van der Waals surface area contributed by atoms with Crippen LogP contribution in [-0.2, 0) is 12.8 Å². The number of ether oxygens (including phenoxy) is 1. The molecular formula is C26H22ClF3N4O3S. The molecule has 4 aromatic rings. The van der Waals surface area contributed by atoms with Gasteiger partial charge in [-0.25, -0.2) is 14.5 Å². The fraction of sp³-hybridized carbons (Fsp3) is 0.269.